The zero-order valence-corrected chi connectivity index (χ0v) is 11.5. The third-order valence-corrected chi connectivity index (χ3v) is 3.06. The van der Waals surface area contributed by atoms with Gasteiger partial charge in [0.05, 0.1) is 17.1 Å². The number of rotatable bonds is 3. The van der Waals surface area contributed by atoms with E-state index in [2.05, 4.69) is 15.6 Å². The fourth-order valence-electron chi connectivity index (χ4n) is 2.00. The maximum absolute atomic E-state index is 12.4. The van der Waals surface area contributed by atoms with Gasteiger partial charge in [-0.1, -0.05) is 36.4 Å². The summed E-state index contributed by atoms with van der Waals surface area (Å²) in [5, 5.41) is 9.80. The van der Waals surface area contributed by atoms with Crippen LogP contribution < -0.4 is 10.4 Å². The van der Waals surface area contributed by atoms with E-state index in [0.717, 1.165) is 11.4 Å². The number of benzene rings is 2. The molecule has 0 bridgehead atoms. The predicted molar refractivity (Wildman–Crippen MR) is 84.5 cm³/mol. The minimum atomic E-state index is -0.234. The normalized spacial score (nSPS) is 16.2. The Labute approximate surface area is 122 Å². The molecule has 0 spiro atoms. The Morgan fingerprint density at radius 1 is 1.00 bits per heavy atom. The third kappa shape index (κ3) is 2.67. The molecule has 2 aromatic carbocycles. The van der Waals surface area contributed by atoms with Gasteiger partial charge in [0.1, 0.15) is 0 Å². The minimum absolute atomic E-state index is 0.234. The topological polar surface area (TPSA) is 57.1 Å². The van der Waals surface area contributed by atoms with Crippen molar-refractivity contribution in [2.24, 2.45) is 10.2 Å². The molecule has 5 heteroatoms. The summed E-state index contributed by atoms with van der Waals surface area (Å²) in [6, 6.07) is 18.8. The number of hydrogen-bond acceptors (Lipinski definition) is 4. The van der Waals surface area contributed by atoms with Gasteiger partial charge in [0.2, 0.25) is 0 Å². The Bertz CT molecular complexity index is 708. The van der Waals surface area contributed by atoms with E-state index in [0.29, 0.717) is 11.4 Å². The summed E-state index contributed by atoms with van der Waals surface area (Å²) < 4.78 is 0. The van der Waals surface area contributed by atoms with Crippen molar-refractivity contribution in [1.82, 2.24) is 0 Å². The number of hydrogen-bond donors (Lipinski definition) is 1. The standard InChI is InChI=1S/C16H14N4O/c1-12-15(18-17-13-8-4-2-5-9-13)16(21)20(19-12)14-10-6-3-7-11-14/h2-11,17H,1H3. The summed E-state index contributed by atoms with van der Waals surface area (Å²) in [5.41, 5.74) is 5.34. The lowest BCUT2D eigenvalue weighted by molar-refractivity contribution is -0.112. The van der Waals surface area contributed by atoms with Crippen molar-refractivity contribution >= 4 is 28.7 Å². The monoisotopic (exact) mass is 278 g/mol. The summed E-state index contributed by atoms with van der Waals surface area (Å²) in [7, 11) is 0. The zero-order valence-electron chi connectivity index (χ0n) is 11.5. The fraction of sp³-hybridized carbons (Fsp3) is 0.0625. The summed E-state index contributed by atoms with van der Waals surface area (Å²) >= 11 is 0. The van der Waals surface area contributed by atoms with Crippen LogP contribution in [0.4, 0.5) is 11.4 Å². The molecule has 0 atom stereocenters. The van der Waals surface area contributed by atoms with Crippen LogP contribution >= 0.6 is 0 Å². The molecular weight excluding hydrogens is 264 g/mol. The van der Waals surface area contributed by atoms with Crippen LogP contribution in [0.5, 0.6) is 0 Å². The molecule has 0 fully saturated rings. The fourth-order valence-corrected chi connectivity index (χ4v) is 2.00. The van der Waals surface area contributed by atoms with Crippen molar-refractivity contribution in [3.05, 3.63) is 60.7 Å². The molecule has 0 unspecified atom stereocenters. The van der Waals surface area contributed by atoms with Crippen molar-refractivity contribution in [3.8, 4) is 0 Å². The lowest BCUT2D eigenvalue weighted by Crippen LogP contribution is -2.27. The lowest BCUT2D eigenvalue weighted by Gasteiger charge is -2.10. The van der Waals surface area contributed by atoms with Crippen LogP contribution in [0.15, 0.2) is 70.9 Å². The van der Waals surface area contributed by atoms with Crippen LogP contribution in [0.2, 0.25) is 0 Å². The van der Waals surface area contributed by atoms with Crippen LogP contribution in [0.25, 0.3) is 0 Å². The molecule has 1 aliphatic rings. The molecule has 1 aliphatic heterocycles. The van der Waals surface area contributed by atoms with Crippen molar-refractivity contribution in [2.45, 2.75) is 6.92 Å². The Morgan fingerprint density at radius 3 is 2.29 bits per heavy atom. The van der Waals surface area contributed by atoms with E-state index < -0.39 is 0 Å². The number of hydrazone groups is 2. The molecule has 0 saturated carbocycles. The summed E-state index contributed by atoms with van der Waals surface area (Å²) in [6.45, 7) is 1.77. The molecule has 3 rings (SSSR count). The van der Waals surface area contributed by atoms with Gasteiger partial charge in [0, 0.05) is 0 Å². The first-order chi connectivity index (χ1) is 10.3. The van der Waals surface area contributed by atoms with Crippen LogP contribution in [-0.4, -0.2) is 17.3 Å². The highest BCUT2D eigenvalue weighted by Crippen LogP contribution is 2.19. The third-order valence-electron chi connectivity index (χ3n) is 3.06. The molecule has 2 aromatic rings. The molecule has 104 valence electrons. The van der Waals surface area contributed by atoms with Gasteiger partial charge >= 0.3 is 5.91 Å². The highest BCUT2D eigenvalue weighted by Gasteiger charge is 2.30. The Balaban J connectivity index is 1.82. The van der Waals surface area contributed by atoms with E-state index in [-0.39, 0.29) is 5.91 Å². The van der Waals surface area contributed by atoms with Crippen LogP contribution in [0.1, 0.15) is 6.92 Å². The predicted octanol–water partition coefficient (Wildman–Crippen LogP) is 2.88. The van der Waals surface area contributed by atoms with Crippen molar-refractivity contribution in [2.75, 3.05) is 10.4 Å². The lowest BCUT2D eigenvalue weighted by atomic mass is 10.2. The molecule has 0 aromatic heterocycles. The first-order valence-electron chi connectivity index (χ1n) is 6.59. The maximum Gasteiger partial charge on any atom is 0.301 e. The number of anilines is 2. The second kappa shape index (κ2) is 5.58. The maximum atomic E-state index is 12.4. The van der Waals surface area contributed by atoms with E-state index in [9.17, 15) is 4.79 Å². The van der Waals surface area contributed by atoms with E-state index in [1.807, 2.05) is 60.7 Å². The smallest absolute Gasteiger partial charge is 0.278 e. The number of carbonyl (C=O) groups is 1. The van der Waals surface area contributed by atoms with E-state index in [4.69, 9.17) is 0 Å². The van der Waals surface area contributed by atoms with E-state index in [1.165, 1.54) is 5.01 Å². The van der Waals surface area contributed by atoms with Gasteiger partial charge in [-0.2, -0.15) is 15.2 Å². The van der Waals surface area contributed by atoms with Gasteiger partial charge in [-0.15, -0.1) is 0 Å². The SMILES string of the molecule is CC1=NN(c2ccccc2)C(=O)C1=NNc1ccccc1. The second-order valence-electron chi connectivity index (χ2n) is 4.58. The first-order valence-corrected chi connectivity index (χ1v) is 6.59. The molecule has 1 N–H and O–H groups in total. The first kappa shape index (κ1) is 13.1. The number of nitrogens with one attached hydrogen (secondary N) is 1. The molecule has 21 heavy (non-hydrogen) atoms. The van der Waals surface area contributed by atoms with Gasteiger partial charge < -0.3 is 0 Å². The molecule has 0 saturated heterocycles. The van der Waals surface area contributed by atoms with Crippen LogP contribution in [-0.2, 0) is 4.79 Å². The quantitative estimate of drug-likeness (QED) is 0.878. The summed E-state index contributed by atoms with van der Waals surface area (Å²) in [4.78, 5) is 12.4. The number of para-hydroxylation sites is 2. The number of nitrogens with zero attached hydrogens (tertiary/aromatic N) is 3. The molecular formula is C16H14N4O. The number of carbonyl (C=O) groups excluding carboxylic acids is 1. The average molecular weight is 278 g/mol. The van der Waals surface area contributed by atoms with Gasteiger partial charge in [-0.25, -0.2) is 0 Å². The van der Waals surface area contributed by atoms with E-state index >= 15 is 0 Å². The van der Waals surface area contributed by atoms with Crippen molar-refractivity contribution in [1.29, 1.82) is 0 Å². The van der Waals surface area contributed by atoms with Gasteiger partial charge in [-0.05, 0) is 31.2 Å². The molecule has 1 amide bonds. The Morgan fingerprint density at radius 2 is 1.62 bits per heavy atom. The Kier molecular flexibility index (Phi) is 3.47. The second-order valence-corrected chi connectivity index (χ2v) is 4.58. The van der Waals surface area contributed by atoms with E-state index in [1.54, 1.807) is 6.92 Å². The Hall–Kier alpha value is -2.95. The zero-order chi connectivity index (χ0) is 14.7. The van der Waals surface area contributed by atoms with Gasteiger partial charge in [0.25, 0.3) is 0 Å². The molecule has 1 heterocycles. The van der Waals surface area contributed by atoms with Crippen molar-refractivity contribution in [3.63, 3.8) is 0 Å². The van der Waals surface area contributed by atoms with Crippen molar-refractivity contribution < 1.29 is 4.79 Å². The highest BCUT2D eigenvalue weighted by atomic mass is 16.2. The van der Waals surface area contributed by atoms with Gasteiger partial charge in [0.15, 0.2) is 5.71 Å². The number of amides is 1. The summed E-state index contributed by atoms with van der Waals surface area (Å²) in [5.74, 6) is -0.234. The molecule has 0 radical (unpaired) electrons. The average Bonchev–Trinajstić information content (AvgIpc) is 2.82. The summed E-state index contributed by atoms with van der Waals surface area (Å²) in [6.07, 6.45) is 0. The molecule has 5 nitrogen and oxygen atoms in total. The minimum Gasteiger partial charge on any atom is -0.278 e. The highest BCUT2D eigenvalue weighted by molar-refractivity contribution is 6.71. The van der Waals surface area contributed by atoms with Gasteiger partial charge in [-0.3, -0.25) is 10.2 Å². The largest absolute Gasteiger partial charge is 0.301 e. The molecule has 0 aliphatic carbocycles. The van der Waals surface area contributed by atoms with Crippen LogP contribution in [0.3, 0.4) is 0 Å². The van der Waals surface area contributed by atoms with Crippen LogP contribution in [0, 0.1) is 0 Å².